The van der Waals surface area contributed by atoms with Gasteiger partial charge < -0.3 is 25.6 Å². The first-order valence-electron chi connectivity index (χ1n) is 15.4. The molecule has 4 unspecified atom stereocenters. The van der Waals surface area contributed by atoms with Crippen LogP contribution in [0.25, 0.3) is 17.2 Å². The van der Waals surface area contributed by atoms with Gasteiger partial charge in [-0.25, -0.2) is 8.78 Å². The summed E-state index contributed by atoms with van der Waals surface area (Å²) < 4.78 is 86.2. The molecule has 0 radical (unpaired) electrons. The second-order valence-corrected chi connectivity index (χ2v) is 12.9. The van der Waals surface area contributed by atoms with Crippen LogP contribution in [0.3, 0.4) is 0 Å². The summed E-state index contributed by atoms with van der Waals surface area (Å²) in [6.45, 7) is 8.63. The van der Waals surface area contributed by atoms with Crippen LogP contribution in [0.2, 0.25) is 0 Å². The minimum atomic E-state index is -5.02. The number of anilines is 1. The molecule has 2 aromatic rings. The van der Waals surface area contributed by atoms with Crippen LogP contribution in [-0.2, 0) is 17.3 Å². The Morgan fingerprint density at radius 3 is 2.47 bits per heavy atom. The van der Waals surface area contributed by atoms with Gasteiger partial charge in [-0.05, 0) is 102 Å². The van der Waals surface area contributed by atoms with Crippen LogP contribution >= 0.6 is 0 Å². The average Bonchev–Trinajstić information content (AvgIpc) is 3.76. The summed E-state index contributed by atoms with van der Waals surface area (Å²) >= 11 is 0. The van der Waals surface area contributed by atoms with Crippen LogP contribution in [0.4, 0.5) is 27.6 Å². The van der Waals surface area contributed by atoms with E-state index in [1.807, 2.05) is 6.92 Å². The van der Waals surface area contributed by atoms with Gasteiger partial charge in [0.15, 0.2) is 5.83 Å². The molecule has 4 atom stereocenters. The number of ether oxygens (including phenoxy) is 2. The highest BCUT2D eigenvalue weighted by Gasteiger charge is 2.49. The smallest absolute Gasteiger partial charge is 0.417 e. The molecule has 5 rings (SSSR count). The largest absolute Gasteiger partial charge is 0.495 e. The van der Waals surface area contributed by atoms with Crippen molar-refractivity contribution >= 4 is 22.8 Å². The Morgan fingerprint density at radius 1 is 1.20 bits per heavy atom. The zero-order valence-electron chi connectivity index (χ0n) is 26.1. The Kier molecular flexibility index (Phi) is 9.21. The average molecular weight is 637 g/mol. The molecular formula is C33H41F5N4O3. The third kappa shape index (κ3) is 6.54. The van der Waals surface area contributed by atoms with Gasteiger partial charge in [0, 0.05) is 17.5 Å². The fourth-order valence-electron chi connectivity index (χ4n) is 6.67. The van der Waals surface area contributed by atoms with Crippen LogP contribution in [0.5, 0.6) is 6.01 Å². The van der Waals surface area contributed by atoms with Gasteiger partial charge in [0.05, 0.1) is 41.0 Å². The first-order valence-corrected chi connectivity index (χ1v) is 15.4. The molecule has 0 amide bonds. The quantitative estimate of drug-likeness (QED) is 0.279. The van der Waals surface area contributed by atoms with Crippen LogP contribution in [0.1, 0.15) is 74.8 Å². The monoisotopic (exact) mass is 636 g/mol. The second kappa shape index (κ2) is 12.5. The summed E-state index contributed by atoms with van der Waals surface area (Å²) in [6.07, 6.45) is -0.185. The van der Waals surface area contributed by atoms with Gasteiger partial charge in [-0.3, -0.25) is 0 Å². The summed E-state index contributed by atoms with van der Waals surface area (Å²) in [5, 5.41) is 13.5. The molecule has 0 bridgehead atoms. The molecule has 45 heavy (non-hydrogen) atoms. The van der Waals surface area contributed by atoms with Gasteiger partial charge in [-0.15, -0.1) is 0 Å². The van der Waals surface area contributed by atoms with Crippen LogP contribution < -0.4 is 26.4 Å². The van der Waals surface area contributed by atoms with Crippen molar-refractivity contribution < 1.29 is 36.5 Å². The molecule has 0 spiro atoms. The van der Waals surface area contributed by atoms with E-state index in [4.69, 9.17) is 20.2 Å². The van der Waals surface area contributed by atoms with E-state index in [2.05, 4.69) is 16.9 Å². The summed E-state index contributed by atoms with van der Waals surface area (Å²) in [5.41, 5.74) is 1.62. The first kappa shape index (κ1) is 33.1. The topological polar surface area (TPSA) is 103 Å². The Morgan fingerprint density at radius 2 is 1.87 bits per heavy atom. The second-order valence-electron chi connectivity index (χ2n) is 12.9. The maximum absolute atomic E-state index is 16.8. The summed E-state index contributed by atoms with van der Waals surface area (Å²) in [5.74, 6) is -1.34. The third-order valence-corrected chi connectivity index (χ3v) is 9.76. The van der Waals surface area contributed by atoms with Gasteiger partial charge in [0.25, 0.3) is 0 Å². The molecule has 2 saturated carbocycles. The number of aliphatic hydroxyl groups is 1. The van der Waals surface area contributed by atoms with Crippen molar-refractivity contribution in [3.8, 4) is 6.01 Å². The number of allylic oxidation sites excluding steroid dienone is 1. The summed E-state index contributed by atoms with van der Waals surface area (Å²) in [7, 11) is 1.73. The lowest BCUT2D eigenvalue weighted by atomic mass is 9.69. The van der Waals surface area contributed by atoms with E-state index in [1.165, 1.54) is 0 Å². The number of aliphatic hydroxyl groups excluding tert-OH is 1. The van der Waals surface area contributed by atoms with Crippen molar-refractivity contribution in [1.82, 2.24) is 15.3 Å². The fraction of sp³-hybridized carbons (Fsp3) is 0.576. The predicted molar refractivity (Wildman–Crippen MR) is 161 cm³/mol. The van der Waals surface area contributed by atoms with Gasteiger partial charge in [-0.1, -0.05) is 6.58 Å². The Bertz CT molecular complexity index is 1600. The van der Waals surface area contributed by atoms with E-state index in [0.29, 0.717) is 30.3 Å². The number of benzene rings is 1. The van der Waals surface area contributed by atoms with E-state index in [9.17, 15) is 22.7 Å². The number of nitrogens with two attached hydrogens (primary N) is 1. The number of hydrogen-bond donors (Lipinski definition) is 3. The Balaban J connectivity index is 1.72. The number of fused-ring (bicyclic) bond motifs is 2. The molecule has 1 aliphatic heterocycles. The van der Waals surface area contributed by atoms with Crippen LogP contribution in [0, 0.1) is 30.0 Å². The Hall–Kier alpha value is -3.25. The van der Waals surface area contributed by atoms with Gasteiger partial charge >= 0.3 is 12.2 Å². The van der Waals surface area contributed by atoms with E-state index >= 15 is 4.39 Å². The molecular weight excluding hydrogens is 595 g/mol. The van der Waals surface area contributed by atoms with Crippen molar-refractivity contribution in [1.29, 1.82) is 0 Å². The molecule has 2 fully saturated rings. The normalized spacial score (nSPS) is 25.2. The van der Waals surface area contributed by atoms with E-state index in [1.54, 1.807) is 14.0 Å². The number of nitrogen functional groups attached to an aromatic ring is 1. The molecule has 246 valence electrons. The molecule has 1 aromatic heterocycles. The number of likely N-dealkylation sites (N-methyl/N-ethyl adjacent to an activating group) is 1. The van der Waals surface area contributed by atoms with Crippen molar-refractivity contribution in [2.75, 3.05) is 25.9 Å². The highest BCUT2D eigenvalue weighted by Crippen LogP contribution is 2.49. The summed E-state index contributed by atoms with van der Waals surface area (Å²) in [6, 6.07) is 0.591. The van der Waals surface area contributed by atoms with E-state index in [0.717, 1.165) is 51.5 Å². The lowest BCUT2D eigenvalue weighted by Crippen LogP contribution is -2.41. The van der Waals surface area contributed by atoms with Crippen LogP contribution in [0.15, 0.2) is 12.6 Å². The van der Waals surface area contributed by atoms with Gasteiger partial charge in [0.1, 0.15) is 16.9 Å². The lowest BCUT2D eigenvalue weighted by molar-refractivity contribution is -0.138. The number of hydrogen-bond acceptors (Lipinski definition) is 7. The van der Waals surface area contributed by atoms with Crippen LogP contribution in [-0.4, -0.2) is 47.5 Å². The molecule has 3 aliphatic rings. The molecule has 1 aromatic carbocycles. The minimum absolute atomic E-state index is 0.0742. The number of aromatic nitrogens is 2. The predicted octanol–water partition coefficient (Wildman–Crippen LogP) is 4.95. The molecule has 7 nitrogen and oxygen atoms in total. The van der Waals surface area contributed by atoms with Gasteiger partial charge in [0.2, 0.25) is 0 Å². The van der Waals surface area contributed by atoms with Crippen molar-refractivity contribution in [2.45, 2.75) is 84.1 Å². The number of nitrogens with zero attached hydrogens (tertiary/aromatic N) is 2. The maximum atomic E-state index is 16.8. The van der Waals surface area contributed by atoms with Gasteiger partial charge in [-0.2, -0.15) is 23.1 Å². The molecule has 4 N–H and O–H groups in total. The zero-order valence-corrected chi connectivity index (χ0v) is 26.1. The number of alkyl halides is 3. The first-order chi connectivity index (χ1) is 21.2. The highest BCUT2D eigenvalue weighted by atomic mass is 19.4. The van der Waals surface area contributed by atoms with E-state index < -0.39 is 57.3 Å². The summed E-state index contributed by atoms with van der Waals surface area (Å²) in [4.78, 5) is 9.09. The minimum Gasteiger partial charge on any atom is -0.495 e. The standard InChI is InChI=1S/C33H41F5N4O3/c1-16-6-7-20-8-9-21(20)12-24-26(19(4)45-16)30(42-31(41-24)44-15-32(10-11-32)25(43)14-40-5)29(35)17(2)22-13-23(39)28(34)18(3)27(22)33(36,37)38/h13,16,20-21,25,40,43H,2,6-12,14-15,39H2,1,3-5H3/b26-19+,30-29-. The maximum Gasteiger partial charge on any atom is 0.417 e. The molecule has 0 saturated heterocycles. The van der Waals surface area contributed by atoms with E-state index in [-0.39, 0.29) is 35.2 Å². The molecule has 2 heterocycles. The SMILES string of the molecule is C=C(/C(F)=c1/nc(OCC2(C(O)CNC)CC2)nc2/c1=C(/C)OC(C)CCC1CCC1C2)c1cc(N)c(F)c(C)c1C(F)(F)F. The number of halogens is 5. The molecule has 2 aliphatic carbocycles. The highest BCUT2D eigenvalue weighted by molar-refractivity contribution is 5.94. The van der Waals surface area contributed by atoms with Crippen molar-refractivity contribution in [3.63, 3.8) is 0 Å². The number of rotatable bonds is 8. The molecule has 12 heteroatoms. The Labute approximate surface area is 259 Å². The zero-order chi connectivity index (χ0) is 32.8. The number of nitrogens with one attached hydrogen (secondary N) is 1. The van der Waals surface area contributed by atoms with Crippen molar-refractivity contribution in [3.05, 3.63) is 51.4 Å². The third-order valence-electron chi connectivity index (χ3n) is 9.76. The van der Waals surface area contributed by atoms with Crippen molar-refractivity contribution in [2.24, 2.45) is 17.3 Å². The lowest BCUT2D eigenvalue weighted by Gasteiger charge is -2.38. The fourth-order valence-corrected chi connectivity index (χ4v) is 6.67.